The summed E-state index contributed by atoms with van der Waals surface area (Å²) in [5.41, 5.74) is 10.1. The van der Waals surface area contributed by atoms with Crippen molar-refractivity contribution < 1.29 is 45.2 Å². The molecule has 2 aromatic rings. The Kier molecular flexibility index (Phi) is 8.93. The lowest BCUT2D eigenvalue weighted by Gasteiger charge is -2.28. The molecule has 1 heterocycles. The second-order valence-corrected chi connectivity index (χ2v) is 9.58. The van der Waals surface area contributed by atoms with Crippen LogP contribution in [0.5, 0.6) is 0 Å². The maximum Gasteiger partial charge on any atom is 0.493 e. The molecule has 1 amide bonds. The smallest absolute Gasteiger partial charge is 0.393 e. The van der Waals surface area contributed by atoms with Crippen molar-refractivity contribution in [3.8, 4) is 0 Å². The van der Waals surface area contributed by atoms with Crippen molar-refractivity contribution in [1.82, 2.24) is 4.73 Å². The average Bonchev–Trinajstić information content (AvgIpc) is 2.79. The number of anilines is 1. The normalized spacial score (nSPS) is 13.2. The van der Waals surface area contributed by atoms with Crippen molar-refractivity contribution in [3.05, 3.63) is 63.8 Å². The van der Waals surface area contributed by atoms with Gasteiger partial charge in [0.25, 0.3) is 0 Å². The molecule has 0 aliphatic heterocycles. The highest BCUT2D eigenvalue weighted by atomic mass is 32.2. The third kappa shape index (κ3) is 7.34. The number of rotatable bonds is 11. The van der Waals surface area contributed by atoms with Gasteiger partial charge in [-0.2, -0.15) is 13.2 Å². The molecular weight excluding hydrogens is 544 g/mol. The van der Waals surface area contributed by atoms with Gasteiger partial charge in [0.15, 0.2) is 0 Å². The predicted molar refractivity (Wildman–Crippen MR) is 124 cm³/mol. The van der Waals surface area contributed by atoms with E-state index in [1.54, 1.807) is 4.72 Å². The fraction of sp³-hybridized carbons (Fsp3) is 0.300. The summed E-state index contributed by atoms with van der Waals surface area (Å²) in [6.45, 7) is 0.638. The molecule has 0 radical (unpaired) electrons. The summed E-state index contributed by atoms with van der Waals surface area (Å²) in [4.78, 5) is 45.9. The van der Waals surface area contributed by atoms with E-state index in [-0.39, 0.29) is 10.3 Å². The average molecular weight is 566 g/mol. The van der Waals surface area contributed by atoms with Crippen LogP contribution in [0.1, 0.15) is 24.6 Å². The lowest BCUT2D eigenvalue weighted by molar-refractivity contribution is -0.200. The van der Waals surface area contributed by atoms with Crippen LogP contribution in [-0.2, 0) is 35.6 Å². The van der Waals surface area contributed by atoms with Crippen LogP contribution in [0, 0.1) is 5.82 Å². The third-order valence-electron chi connectivity index (χ3n) is 4.99. The van der Waals surface area contributed by atoms with Crippen LogP contribution in [0.2, 0.25) is 0 Å². The highest BCUT2D eigenvalue weighted by molar-refractivity contribution is 7.91. The number of oxime groups is 1. The number of alkyl halides is 3. The number of nitrogens with one attached hydrogen (secondary N) is 1. The van der Waals surface area contributed by atoms with Gasteiger partial charge in [-0.05, 0) is 30.3 Å². The Balaban J connectivity index is 2.58. The molecule has 1 aromatic carbocycles. The topological polar surface area (TPSA) is 211 Å². The zero-order chi connectivity index (χ0) is 28.9. The molecule has 0 saturated carbocycles. The van der Waals surface area contributed by atoms with E-state index >= 15 is 0 Å². The van der Waals surface area contributed by atoms with E-state index in [0.717, 1.165) is 31.2 Å². The lowest BCUT2D eigenvalue weighted by atomic mass is 9.82. The van der Waals surface area contributed by atoms with E-state index in [1.165, 1.54) is 12.1 Å². The Bertz CT molecular complexity index is 1410. The third-order valence-corrected chi connectivity index (χ3v) is 6.21. The van der Waals surface area contributed by atoms with Gasteiger partial charge in [0.05, 0.1) is 16.9 Å². The molecule has 18 heteroatoms. The van der Waals surface area contributed by atoms with Crippen LogP contribution in [0.15, 0.2) is 46.3 Å². The number of guanidine groups is 1. The van der Waals surface area contributed by atoms with E-state index in [0.29, 0.717) is 0 Å². The first kappa shape index (κ1) is 29.9. The van der Waals surface area contributed by atoms with Crippen molar-refractivity contribution in [2.45, 2.75) is 30.7 Å². The van der Waals surface area contributed by atoms with Crippen LogP contribution in [0.25, 0.3) is 0 Å². The van der Waals surface area contributed by atoms with Gasteiger partial charge in [-0.1, -0.05) is 18.2 Å². The number of pyridine rings is 1. The van der Waals surface area contributed by atoms with Crippen LogP contribution >= 0.6 is 0 Å². The number of carbonyl (C=O) groups is 2. The molecule has 0 aliphatic carbocycles. The van der Waals surface area contributed by atoms with Crippen molar-refractivity contribution in [3.63, 3.8) is 0 Å². The second kappa shape index (κ2) is 11.4. The molecule has 1 unspecified atom stereocenters. The van der Waals surface area contributed by atoms with Gasteiger partial charge in [-0.15, -0.1) is 4.73 Å². The minimum absolute atomic E-state index is 0.220. The number of nitrogens with zero attached hydrogens (tertiary/aromatic N) is 2. The summed E-state index contributed by atoms with van der Waals surface area (Å²) < 4.78 is 79.4. The Labute approximate surface area is 212 Å². The van der Waals surface area contributed by atoms with E-state index in [1.807, 2.05) is 0 Å². The minimum atomic E-state index is -5.59. The van der Waals surface area contributed by atoms with E-state index in [9.17, 15) is 40.4 Å². The molecule has 1 atom stereocenters. The van der Waals surface area contributed by atoms with Crippen LogP contribution < -0.4 is 32.3 Å². The molecule has 0 bridgehead atoms. The zero-order valence-corrected chi connectivity index (χ0v) is 20.3. The molecule has 208 valence electrons. The number of benzene rings is 1. The van der Waals surface area contributed by atoms with Crippen molar-refractivity contribution >= 4 is 33.5 Å². The maximum atomic E-state index is 13.9. The molecule has 0 fully saturated rings. The highest BCUT2D eigenvalue weighted by Gasteiger charge is 2.44. The standard InChI is InChI=1S/C20H22F4N6O7S/c1-19(16(25)32,8-9-36-28-18(26)27)14-7-6-13(15(31)30(14)37-17(33)20(22,23)24)29-38(34,35)10-11-4-2-3-5-12(11)21/h2-7,29H,8-10H2,1H3,(H2,25,32)(H4,26,27,28). The van der Waals surface area contributed by atoms with Gasteiger partial charge in [-0.3, -0.25) is 14.3 Å². The number of hydrogen-bond donors (Lipinski definition) is 4. The number of halogens is 4. The van der Waals surface area contributed by atoms with Crippen molar-refractivity contribution in [2.24, 2.45) is 22.4 Å². The van der Waals surface area contributed by atoms with E-state index < -0.39 is 81.0 Å². The predicted octanol–water partition coefficient (Wildman–Crippen LogP) is -0.215. The minimum Gasteiger partial charge on any atom is -0.393 e. The maximum absolute atomic E-state index is 13.9. The second-order valence-electron chi connectivity index (χ2n) is 7.86. The fourth-order valence-corrected chi connectivity index (χ4v) is 4.21. The molecule has 13 nitrogen and oxygen atoms in total. The first-order chi connectivity index (χ1) is 17.5. The van der Waals surface area contributed by atoms with Gasteiger partial charge >= 0.3 is 17.7 Å². The molecule has 0 saturated heterocycles. The molecule has 0 spiro atoms. The number of hydrogen-bond acceptors (Lipinski definition) is 8. The molecule has 38 heavy (non-hydrogen) atoms. The SMILES string of the molecule is CC(CCON=C(N)N)(C(N)=O)c1ccc(NS(=O)(=O)Cc2ccccc2F)c(=O)n1OC(=O)C(F)(F)F. The number of nitrogens with two attached hydrogens (primary N) is 3. The van der Waals surface area contributed by atoms with E-state index in [4.69, 9.17) is 22.0 Å². The number of amides is 1. The molecule has 2 rings (SSSR count). The first-order valence-electron chi connectivity index (χ1n) is 10.3. The first-order valence-corrected chi connectivity index (χ1v) is 11.9. The summed E-state index contributed by atoms with van der Waals surface area (Å²) in [5.74, 6) is -6.38. The van der Waals surface area contributed by atoms with Gasteiger partial charge < -0.3 is 26.9 Å². The summed E-state index contributed by atoms with van der Waals surface area (Å²) in [6, 6.07) is 6.44. The summed E-state index contributed by atoms with van der Waals surface area (Å²) in [5, 5.41) is 3.21. The molecular formula is C20H22F4N6O7S. The summed E-state index contributed by atoms with van der Waals surface area (Å²) in [7, 11) is -4.51. The van der Waals surface area contributed by atoms with Gasteiger partial charge in [0, 0.05) is 12.0 Å². The summed E-state index contributed by atoms with van der Waals surface area (Å²) >= 11 is 0. The number of sulfonamides is 1. The number of aromatic nitrogens is 1. The monoisotopic (exact) mass is 566 g/mol. The molecule has 7 N–H and O–H groups in total. The highest BCUT2D eigenvalue weighted by Crippen LogP contribution is 2.28. The largest absolute Gasteiger partial charge is 0.493 e. The van der Waals surface area contributed by atoms with Gasteiger partial charge in [-0.25, -0.2) is 17.6 Å². The number of primary amides is 1. The summed E-state index contributed by atoms with van der Waals surface area (Å²) in [6.07, 6.45) is -6.03. The lowest BCUT2D eigenvalue weighted by Crippen LogP contribution is -2.48. The van der Waals surface area contributed by atoms with Gasteiger partial charge in [0.2, 0.25) is 21.9 Å². The van der Waals surface area contributed by atoms with Gasteiger partial charge in [0.1, 0.15) is 18.1 Å². The van der Waals surface area contributed by atoms with E-state index in [2.05, 4.69) is 9.99 Å². The zero-order valence-electron chi connectivity index (χ0n) is 19.5. The van der Waals surface area contributed by atoms with Crippen LogP contribution in [0.4, 0.5) is 23.2 Å². The molecule has 1 aromatic heterocycles. The van der Waals surface area contributed by atoms with Crippen LogP contribution in [-0.4, -0.2) is 43.8 Å². The fourth-order valence-electron chi connectivity index (χ4n) is 3.00. The number of carbonyl (C=O) groups excluding carboxylic acids is 2. The Morgan fingerprint density at radius 2 is 1.74 bits per heavy atom. The Morgan fingerprint density at radius 3 is 2.29 bits per heavy atom. The quantitative estimate of drug-likeness (QED) is 0.0930. The Hall–Kier alpha value is -4.35. The molecule has 0 aliphatic rings. The van der Waals surface area contributed by atoms with Crippen molar-refractivity contribution in [1.29, 1.82) is 0 Å². The van der Waals surface area contributed by atoms with Crippen LogP contribution in [0.3, 0.4) is 0 Å². The van der Waals surface area contributed by atoms with Crippen molar-refractivity contribution in [2.75, 3.05) is 11.3 Å². The Morgan fingerprint density at radius 1 is 1.11 bits per heavy atom.